The first-order valence-corrected chi connectivity index (χ1v) is 9.80. The summed E-state index contributed by atoms with van der Waals surface area (Å²) in [6.45, 7) is 0.483. The summed E-state index contributed by atoms with van der Waals surface area (Å²) in [5, 5.41) is 32.1. The smallest absolute Gasteiger partial charge is 0.417 e. The molecule has 168 valence electrons. The molecule has 0 aliphatic carbocycles. The van der Waals surface area contributed by atoms with Gasteiger partial charge < -0.3 is 20.1 Å². The van der Waals surface area contributed by atoms with Crippen molar-refractivity contribution in [3.8, 4) is 6.07 Å². The molecular formula is C22H17F4N2O4-. The van der Waals surface area contributed by atoms with Crippen molar-refractivity contribution < 1.29 is 32.2 Å². The van der Waals surface area contributed by atoms with Gasteiger partial charge in [-0.25, -0.2) is 9.18 Å². The molecular weight excluding hydrogens is 432 g/mol. The van der Waals surface area contributed by atoms with E-state index >= 15 is 0 Å². The molecule has 4 unspecified atom stereocenters. The summed E-state index contributed by atoms with van der Waals surface area (Å²) >= 11 is 0. The van der Waals surface area contributed by atoms with Gasteiger partial charge in [0.2, 0.25) is 0 Å². The Hall–Kier alpha value is -3.00. The molecule has 6 nitrogen and oxygen atoms in total. The van der Waals surface area contributed by atoms with E-state index in [9.17, 15) is 27.6 Å². The first kappa shape index (κ1) is 22.2. The van der Waals surface area contributed by atoms with Crippen molar-refractivity contribution in [2.45, 2.75) is 24.7 Å². The number of ether oxygens (including phenoxy) is 1. The Labute approximate surface area is 180 Å². The highest BCUT2D eigenvalue weighted by atomic mass is 19.4. The molecule has 32 heavy (non-hydrogen) atoms. The molecule has 4 rings (SSSR count). The fraction of sp³-hybridized carbons (Fsp3) is 0.364. The first-order chi connectivity index (χ1) is 15.1. The summed E-state index contributed by atoms with van der Waals surface area (Å²) in [6.07, 6.45) is -4.33. The molecule has 2 aromatic rings. The number of carboxylic acid groups (broad SMARTS) is 1. The Balaban J connectivity index is 1.78. The van der Waals surface area contributed by atoms with Crippen LogP contribution in [0.3, 0.4) is 0 Å². The predicted octanol–water partition coefficient (Wildman–Crippen LogP) is 4.66. The van der Waals surface area contributed by atoms with Crippen molar-refractivity contribution in [3.63, 3.8) is 0 Å². The fourth-order valence-electron chi connectivity index (χ4n) is 4.80. The summed E-state index contributed by atoms with van der Waals surface area (Å²) in [4.78, 5) is 11.1. The number of halogens is 4. The number of rotatable bonds is 3. The second-order valence-electron chi connectivity index (χ2n) is 7.90. The minimum atomic E-state index is -4.77. The molecule has 0 bridgehead atoms. The Morgan fingerprint density at radius 3 is 2.44 bits per heavy atom. The van der Waals surface area contributed by atoms with Crippen LogP contribution in [0.1, 0.15) is 51.1 Å². The van der Waals surface area contributed by atoms with Crippen LogP contribution >= 0.6 is 0 Å². The highest BCUT2D eigenvalue weighted by Crippen LogP contribution is 2.54. The minimum absolute atomic E-state index is 0.0944. The Morgan fingerprint density at radius 1 is 1.16 bits per heavy atom. The number of alkyl halides is 3. The lowest BCUT2D eigenvalue weighted by Gasteiger charge is -2.38. The Bertz CT molecular complexity index is 1100. The molecule has 0 amide bonds. The third-order valence-electron chi connectivity index (χ3n) is 6.19. The zero-order valence-electron chi connectivity index (χ0n) is 16.5. The van der Waals surface area contributed by atoms with Gasteiger partial charge in [-0.1, -0.05) is 12.1 Å². The summed E-state index contributed by atoms with van der Waals surface area (Å²) in [5.41, 5.74) is -1.86. The number of carbonyl (C=O) groups is 1. The molecule has 2 aliphatic rings. The lowest BCUT2D eigenvalue weighted by Crippen LogP contribution is -2.28. The average Bonchev–Trinajstić information content (AvgIpc) is 3.04. The number of aromatic carboxylic acids is 1. The van der Waals surface area contributed by atoms with Crippen molar-refractivity contribution in [1.29, 1.82) is 5.26 Å². The SMILES string of the molecule is N#Cc1ccc(C2C3COCCC3C(c3ccc(C(=O)O)c(F)c3)N2[O-])cc1C(F)(F)F. The quantitative estimate of drug-likeness (QED) is 0.685. The second-order valence-corrected chi connectivity index (χ2v) is 7.90. The van der Waals surface area contributed by atoms with E-state index in [-0.39, 0.29) is 23.7 Å². The number of benzene rings is 2. The first-order valence-electron chi connectivity index (χ1n) is 9.80. The van der Waals surface area contributed by atoms with Gasteiger partial charge in [0, 0.05) is 24.6 Å². The summed E-state index contributed by atoms with van der Waals surface area (Å²) in [5.74, 6) is -3.22. The van der Waals surface area contributed by atoms with Crippen molar-refractivity contribution in [2.75, 3.05) is 13.2 Å². The normalized spacial score (nSPS) is 25.9. The van der Waals surface area contributed by atoms with Gasteiger partial charge in [-0.05, 0) is 47.7 Å². The highest BCUT2D eigenvalue weighted by molar-refractivity contribution is 5.87. The predicted molar refractivity (Wildman–Crippen MR) is 103 cm³/mol. The molecule has 2 fully saturated rings. The molecule has 2 aromatic carbocycles. The monoisotopic (exact) mass is 449 g/mol. The van der Waals surface area contributed by atoms with Crippen LogP contribution < -0.4 is 0 Å². The van der Waals surface area contributed by atoms with E-state index in [0.717, 1.165) is 24.3 Å². The fourth-order valence-corrected chi connectivity index (χ4v) is 4.80. The number of nitrogens with zero attached hydrogens (tertiary/aromatic N) is 2. The molecule has 1 N–H and O–H groups in total. The van der Waals surface area contributed by atoms with Crippen molar-refractivity contribution in [3.05, 3.63) is 75.2 Å². The van der Waals surface area contributed by atoms with Crippen molar-refractivity contribution in [2.24, 2.45) is 11.8 Å². The maximum Gasteiger partial charge on any atom is 0.417 e. The van der Waals surface area contributed by atoms with E-state index in [1.165, 1.54) is 18.2 Å². The highest BCUT2D eigenvalue weighted by Gasteiger charge is 2.48. The van der Waals surface area contributed by atoms with Gasteiger partial charge in [-0.2, -0.15) is 18.4 Å². The van der Waals surface area contributed by atoms with Gasteiger partial charge in [0.05, 0.1) is 29.4 Å². The van der Waals surface area contributed by atoms with E-state index in [0.29, 0.717) is 18.1 Å². The zero-order chi connectivity index (χ0) is 23.2. The maximum atomic E-state index is 14.3. The molecule has 4 atom stereocenters. The van der Waals surface area contributed by atoms with E-state index in [1.54, 1.807) is 0 Å². The van der Waals surface area contributed by atoms with E-state index in [1.807, 2.05) is 0 Å². The number of hydrogen-bond acceptors (Lipinski definition) is 5. The number of fused-ring (bicyclic) bond motifs is 1. The Kier molecular flexibility index (Phi) is 5.67. The van der Waals surface area contributed by atoms with Gasteiger partial charge in [-0.15, -0.1) is 0 Å². The summed E-state index contributed by atoms with van der Waals surface area (Å²) < 4.78 is 60.2. The lowest BCUT2D eigenvalue weighted by atomic mass is 9.80. The van der Waals surface area contributed by atoms with Crippen LogP contribution in [0.25, 0.3) is 0 Å². The van der Waals surface area contributed by atoms with Gasteiger partial charge in [0.15, 0.2) is 0 Å². The van der Waals surface area contributed by atoms with Crippen LogP contribution in [0.5, 0.6) is 0 Å². The van der Waals surface area contributed by atoms with Crippen LogP contribution in [-0.2, 0) is 10.9 Å². The van der Waals surface area contributed by atoms with E-state index in [2.05, 4.69) is 0 Å². The second kappa shape index (κ2) is 8.16. The van der Waals surface area contributed by atoms with E-state index < -0.39 is 52.7 Å². The molecule has 0 aromatic heterocycles. The number of carboxylic acids is 1. The van der Waals surface area contributed by atoms with Gasteiger partial charge >= 0.3 is 12.1 Å². The molecule has 2 aliphatic heterocycles. The van der Waals surface area contributed by atoms with Crippen molar-refractivity contribution >= 4 is 5.97 Å². The molecule has 10 heteroatoms. The third-order valence-corrected chi connectivity index (χ3v) is 6.19. The number of hydroxylamine groups is 2. The van der Waals surface area contributed by atoms with Crippen LogP contribution in [0.15, 0.2) is 36.4 Å². The molecule has 2 saturated heterocycles. The van der Waals surface area contributed by atoms with Crippen molar-refractivity contribution in [1.82, 2.24) is 5.06 Å². The average molecular weight is 449 g/mol. The number of nitriles is 1. The molecule has 2 heterocycles. The molecule has 0 radical (unpaired) electrons. The van der Waals surface area contributed by atoms with Crippen LogP contribution in [0.4, 0.5) is 17.6 Å². The standard InChI is InChI=1S/C22H17F4N2O4/c23-18-8-12(3-4-15(18)21(29)30)19-14-5-6-32-10-16(14)20(28(19)31)11-1-2-13(9-27)17(7-11)22(24,25)26/h1-4,7-8,14,16,19-20H,5-6,10H2,(H,29,30)/q-1. The van der Waals surface area contributed by atoms with Gasteiger partial charge in [0.1, 0.15) is 5.82 Å². The molecule has 0 saturated carbocycles. The summed E-state index contributed by atoms with van der Waals surface area (Å²) in [7, 11) is 0. The van der Waals surface area contributed by atoms with Gasteiger partial charge in [0.25, 0.3) is 0 Å². The minimum Gasteiger partial charge on any atom is -0.784 e. The zero-order valence-corrected chi connectivity index (χ0v) is 16.5. The van der Waals surface area contributed by atoms with Gasteiger partial charge in [-0.3, -0.25) is 0 Å². The van der Waals surface area contributed by atoms with E-state index in [4.69, 9.17) is 15.1 Å². The van der Waals surface area contributed by atoms with Crippen LogP contribution in [0.2, 0.25) is 0 Å². The van der Waals surface area contributed by atoms with Crippen LogP contribution in [0, 0.1) is 34.2 Å². The number of hydrogen-bond donors (Lipinski definition) is 1. The Morgan fingerprint density at radius 2 is 1.81 bits per heavy atom. The lowest BCUT2D eigenvalue weighted by molar-refractivity contribution is -0.137. The maximum absolute atomic E-state index is 14.3. The third kappa shape index (κ3) is 3.72. The largest absolute Gasteiger partial charge is 0.784 e. The summed E-state index contributed by atoms with van der Waals surface area (Å²) in [6, 6.07) is 6.25. The van der Waals surface area contributed by atoms with Crippen LogP contribution in [-0.4, -0.2) is 29.4 Å². The topological polar surface area (TPSA) is 96.6 Å². The molecule has 0 spiro atoms.